The molecule has 13 rings (SSSR count). The van der Waals surface area contributed by atoms with Crippen molar-refractivity contribution in [3.05, 3.63) is 72.3 Å². The van der Waals surface area contributed by atoms with Crippen LogP contribution in [0.15, 0.2) is 60.9 Å². The number of anilines is 2. The molecule has 1 spiro atoms. The molecule has 3 atom stereocenters. The number of benzene rings is 3. The maximum absolute atomic E-state index is 17.2. The molecule has 2 amide bonds. The van der Waals surface area contributed by atoms with Crippen molar-refractivity contribution in [2.45, 2.75) is 102 Å². The highest BCUT2D eigenvalue weighted by atomic mass is 19.1. The summed E-state index contributed by atoms with van der Waals surface area (Å²) in [5.74, 6) is -0.284. The van der Waals surface area contributed by atoms with Crippen LogP contribution in [-0.4, -0.2) is 135 Å². The summed E-state index contributed by atoms with van der Waals surface area (Å²) in [5, 5.41) is 24.8. The molecule has 364 valence electrons. The number of piperidine rings is 2. The molecule has 3 aromatic heterocycles. The first-order valence-electron chi connectivity index (χ1n) is 25.9. The van der Waals surface area contributed by atoms with Gasteiger partial charge in [-0.05, 0) is 129 Å². The number of aromatic nitrogens is 5. The van der Waals surface area contributed by atoms with Gasteiger partial charge in [0, 0.05) is 98.6 Å². The smallest absolute Gasteiger partial charge is 0.319 e. The van der Waals surface area contributed by atoms with Gasteiger partial charge in [0.15, 0.2) is 5.82 Å². The fourth-order valence-electron chi connectivity index (χ4n) is 13.2. The first-order chi connectivity index (χ1) is 34.1. The van der Waals surface area contributed by atoms with E-state index in [1.165, 1.54) is 31.4 Å². The number of amides is 2. The van der Waals surface area contributed by atoms with Crippen molar-refractivity contribution in [2.24, 2.45) is 10.8 Å². The van der Waals surface area contributed by atoms with E-state index < -0.39 is 11.9 Å². The minimum Gasteiger partial charge on any atom is -0.508 e. The molecule has 2 saturated carbocycles. The third-order valence-electron chi connectivity index (χ3n) is 17.4. The molecule has 2 bridgehead atoms. The highest BCUT2D eigenvalue weighted by Gasteiger charge is 2.51. The van der Waals surface area contributed by atoms with Crippen LogP contribution in [0.1, 0.15) is 82.7 Å². The first-order valence-corrected chi connectivity index (χ1v) is 25.9. The van der Waals surface area contributed by atoms with E-state index in [-0.39, 0.29) is 40.2 Å². The molecule has 3 aromatic carbocycles. The Bertz CT molecular complexity index is 3030. The number of nitrogens with one attached hydrogen (secondary N) is 2. The Balaban J connectivity index is 0.645. The Morgan fingerprint density at radius 2 is 1.67 bits per heavy atom. The van der Waals surface area contributed by atoms with Crippen molar-refractivity contribution in [1.82, 2.24) is 45.2 Å². The molecule has 0 radical (unpaired) electrons. The molecule has 16 heteroatoms. The quantitative estimate of drug-likeness (QED) is 0.118. The number of aryl methyl sites for hydroxylation is 1. The van der Waals surface area contributed by atoms with Gasteiger partial charge in [-0.2, -0.15) is 15.1 Å². The maximum atomic E-state index is 17.2. The van der Waals surface area contributed by atoms with Gasteiger partial charge in [0.05, 0.1) is 23.7 Å². The molecule has 2 aliphatic carbocycles. The average molecular weight is 948 g/mol. The van der Waals surface area contributed by atoms with E-state index in [0.29, 0.717) is 59.8 Å². The Kier molecular flexibility index (Phi) is 10.8. The average Bonchev–Trinajstić information content (AvgIpc) is 3.87. The lowest BCUT2D eigenvalue weighted by atomic mass is 9.60. The summed E-state index contributed by atoms with van der Waals surface area (Å²) in [7, 11) is 0. The second kappa shape index (κ2) is 17.1. The molecular weight excluding hydrogens is 886 g/mol. The SMILES string of the molecule is CCc1cccc2cc(O)cc(-c3ncc4c(N5CC6CCC(C5)N6)nc(OCC5(CN6CCC7(CC6)CC(N6CCN(c8ccc9c(cnn9C9CCC(=O)NC9=O)c8)CC6)C7)CC5)nc4c3F)c12. The third kappa shape index (κ3) is 7.90. The molecule has 7 fully saturated rings. The number of fused-ring (bicyclic) bond motifs is 5. The Hall–Kier alpha value is -5.97. The van der Waals surface area contributed by atoms with Crippen LogP contribution in [-0.2, 0) is 16.0 Å². The molecule has 8 heterocycles. The molecule has 6 aromatic rings. The molecule has 7 aliphatic rings. The first kappa shape index (κ1) is 44.0. The van der Waals surface area contributed by atoms with Crippen molar-refractivity contribution in [3.8, 4) is 23.0 Å². The van der Waals surface area contributed by atoms with E-state index in [1.807, 2.05) is 24.4 Å². The van der Waals surface area contributed by atoms with E-state index in [1.54, 1.807) is 23.0 Å². The number of hydrogen-bond acceptors (Lipinski definition) is 13. The monoisotopic (exact) mass is 947 g/mol. The molecule has 5 aliphatic heterocycles. The number of carbonyl (C=O) groups excluding carboxylic acids is 2. The minimum absolute atomic E-state index is 0.0382. The van der Waals surface area contributed by atoms with E-state index in [2.05, 4.69) is 60.5 Å². The van der Waals surface area contributed by atoms with Crippen LogP contribution >= 0.6 is 0 Å². The number of likely N-dealkylation sites (tertiary alicyclic amines) is 1. The van der Waals surface area contributed by atoms with Gasteiger partial charge in [0.1, 0.15) is 28.8 Å². The Labute approximate surface area is 406 Å². The highest BCUT2D eigenvalue weighted by molar-refractivity contribution is 6.02. The maximum Gasteiger partial charge on any atom is 0.319 e. The van der Waals surface area contributed by atoms with Crippen LogP contribution in [0.2, 0.25) is 0 Å². The van der Waals surface area contributed by atoms with Gasteiger partial charge in [-0.25, -0.2) is 4.39 Å². The zero-order chi connectivity index (χ0) is 47.3. The van der Waals surface area contributed by atoms with Gasteiger partial charge in [-0.15, -0.1) is 0 Å². The number of carbonyl (C=O) groups is 2. The lowest BCUT2D eigenvalue weighted by Crippen LogP contribution is -2.59. The number of aromatic hydroxyl groups is 1. The summed E-state index contributed by atoms with van der Waals surface area (Å²) in [4.78, 5) is 49.0. The fraction of sp³-hybridized carbons (Fsp3) is 0.519. The summed E-state index contributed by atoms with van der Waals surface area (Å²) in [6, 6.07) is 16.8. The highest BCUT2D eigenvalue weighted by Crippen LogP contribution is 2.53. The fourth-order valence-corrected chi connectivity index (χ4v) is 13.2. The number of piperazine rings is 2. The topological polar surface area (TPSA) is 157 Å². The number of rotatable bonds is 11. The van der Waals surface area contributed by atoms with Crippen LogP contribution in [0, 0.1) is 16.6 Å². The zero-order valence-corrected chi connectivity index (χ0v) is 40.0. The minimum atomic E-state index is -0.528. The number of phenolic OH excluding ortho intramolecular Hbond substituents is 1. The summed E-state index contributed by atoms with van der Waals surface area (Å²) in [6.45, 7) is 11.4. The zero-order valence-electron chi connectivity index (χ0n) is 40.0. The normalized spacial score (nSPS) is 24.7. The summed E-state index contributed by atoms with van der Waals surface area (Å²) in [6.07, 6.45) is 14.6. The van der Waals surface area contributed by atoms with Crippen molar-refractivity contribution in [2.75, 3.05) is 75.3 Å². The number of nitrogens with zero attached hydrogens (tertiary/aromatic N) is 9. The lowest BCUT2D eigenvalue weighted by molar-refractivity contribution is -0.135. The van der Waals surface area contributed by atoms with Gasteiger partial charge in [-0.1, -0.05) is 25.1 Å². The van der Waals surface area contributed by atoms with E-state index in [4.69, 9.17) is 19.7 Å². The Morgan fingerprint density at radius 3 is 2.43 bits per heavy atom. The van der Waals surface area contributed by atoms with Gasteiger partial charge >= 0.3 is 6.01 Å². The molecule has 70 heavy (non-hydrogen) atoms. The van der Waals surface area contributed by atoms with Gasteiger partial charge in [0.25, 0.3) is 5.91 Å². The van der Waals surface area contributed by atoms with Crippen LogP contribution in [0.4, 0.5) is 15.9 Å². The lowest BCUT2D eigenvalue weighted by Gasteiger charge is -2.56. The molecule has 15 nitrogen and oxygen atoms in total. The molecular formula is C54H62FN11O4. The Morgan fingerprint density at radius 1 is 0.871 bits per heavy atom. The van der Waals surface area contributed by atoms with Crippen molar-refractivity contribution < 1.29 is 23.8 Å². The number of phenols is 1. The van der Waals surface area contributed by atoms with Gasteiger partial charge < -0.3 is 29.9 Å². The summed E-state index contributed by atoms with van der Waals surface area (Å²) >= 11 is 0. The van der Waals surface area contributed by atoms with Crippen molar-refractivity contribution in [1.29, 1.82) is 0 Å². The summed E-state index contributed by atoms with van der Waals surface area (Å²) in [5.41, 5.74) is 4.57. The molecule has 3 unspecified atom stereocenters. The predicted molar refractivity (Wildman–Crippen MR) is 267 cm³/mol. The van der Waals surface area contributed by atoms with Crippen molar-refractivity contribution in [3.63, 3.8) is 0 Å². The second-order valence-electron chi connectivity index (χ2n) is 21.9. The summed E-state index contributed by atoms with van der Waals surface area (Å²) < 4.78 is 25.6. The van der Waals surface area contributed by atoms with E-state index in [9.17, 15) is 14.7 Å². The third-order valence-corrected chi connectivity index (χ3v) is 17.4. The number of ether oxygens (including phenoxy) is 1. The number of pyridine rings is 1. The van der Waals surface area contributed by atoms with Crippen LogP contribution in [0.3, 0.4) is 0 Å². The standard InChI is InChI=1S/C54H62FN11O4/c1-2-33-4-3-5-34-23-40(67)24-41(46(33)34)48-47(55)49-42(28-56-48)50(65-29-36-6-7-37(30-65)58-36)61-52(60-49)70-32-54(12-13-54)31-62-16-14-53(15-17-62)25-39(26-53)64-20-18-63(19-21-64)38-8-9-43-35(22-38)27-57-66(43)44-10-11-45(68)59-51(44)69/h3-5,8-9,22-24,27-28,36-37,39,44,58,67H,2,6-7,10-21,25-26,29-32H2,1H3,(H,59,68,69). The van der Waals surface area contributed by atoms with Crippen LogP contribution in [0.5, 0.6) is 11.8 Å². The van der Waals surface area contributed by atoms with E-state index >= 15 is 4.39 Å². The van der Waals surface area contributed by atoms with E-state index in [0.717, 1.165) is 118 Å². The predicted octanol–water partition coefficient (Wildman–Crippen LogP) is 6.75. The van der Waals surface area contributed by atoms with Crippen LogP contribution < -0.4 is 25.2 Å². The van der Waals surface area contributed by atoms with Gasteiger partial charge in [0.2, 0.25) is 5.91 Å². The van der Waals surface area contributed by atoms with Crippen LogP contribution in [0.25, 0.3) is 43.8 Å². The number of halogens is 1. The van der Waals surface area contributed by atoms with Crippen molar-refractivity contribution >= 4 is 55.9 Å². The number of hydrogen-bond donors (Lipinski definition) is 3. The number of imide groups is 1. The van der Waals surface area contributed by atoms with Gasteiger partial charge in [-0.3, -0.25) is 29.5 Å². The molecule has 5 saturated heterocycles. The second-order valence-corrected chi connectivity index (χ2v) is 21.9. The molecule has 3 N–H and O–H groups in total. The largest absolute Gasteiger partial charge is 0.508 e.